The van der Waals surface area contributed by atoms with E-state index >= 15 is 0 Å². The van der Waals surface area contributed by atoms with Crippen molar-refractivity contribution < 1.29 is 13.2 Å². The van der Waals surface area contributed by atoms with Gasteiger partial charge in [0.1, 0.15) is 0 Å². The second-order valence-electron chi connectivity index (χ2n) is 3.20. The molecule has 82 valence electrons. The van der Waals surface area contributed by atoms with Crippen LogP contribution in [0.3, 0.4) is 0 Å². The summed E-state index contributed by atoms with van der Waals surface area (Å²) in [6.45, 7) is 3.54. The number of benzene rings is 1. The minimum absolute atomic E-state index is 0.524. The van der Waals surface area contributed by atoms with Crippen LogP contribution in [0.1, 0.15) is 25.0 Å². The van der Waals surface area contributed by atoms with Crippen molar-refractivity contribution in [1.82, 2.24) is 0 Å². The molecule has 0 atom stereocenters. The van der Waals surface area contributed by atoms with Gasteiger partial charge in [0.15, 0.2) is 0 Å². The highest BCUT2D eigenvalue weighted by molar-refractivity contribution is 7.80. The zero-order valence-corrected chi connectivity index (χ0v) is 9.28. The molecule has 0 amide bonds. The molecule has 0 aromatic heterocycles. The van der Waals surface area contributed by atoms with Crippen LogP contribution in [0, 0.1) is 0 Å². The molecule has 0 heterocycles. The van der Waals surface area contributed by atoms with Crippen LogP contribution in [0.5, 0.6) is 0 Å². The third kappa shape index (κ3) is 2.78. The normalized spacial score (nSPS) is 13.1. The number of alkyl halides is 3. The molecule has 0 bridgehead atoms. The van der Waals surface area contributed by atoms with Gasteiger partial charge in [-0.15, -0.1) is 12.6 Å². The van der Waals surface area contributed by atoms with Gasteiger partial charge < -0.3 is 0 Å². The molecule has 1 rings (SSSR count). The quantitative estimate of drug-likeness (QED) is 0.681. The van der Waals surface area contributed by atoms with Gasteiger partial charge in [-0.2, -0.15) is 13.2 Å². The Labute approximate surface area is 92.2 Å². The number of thiol groups is 1. The number of hydrogen-bond acceptors (Lipinski definition) is 1. The fourth-order valence-electron chi connectivity index (χ4n) is 1.18. The van der Waals surface area contributed by atoms with Crippen LogP contribution >= 0.6 is 12.6 Å². The largest absolute Gasteiger partial charge is 0.416 e. The lowest BCUT2D eigenvalue weighted by Crippen LogP contribution is -2.05. The maximum atomic E-state index is 12.4. The predicted octanol–water partition coefficient (Wildman–Crippen LogP) is 4.42. The highest BCUT2D eigenvalue weighted by Crippen LogP contribution is 2.33. The molecule has 0 nitrogen and oxygen atoms in total. The highest BCUT2D eigenvalue weighted by atomic mass is 32.1. The monoisotopic (exact) mass is 232 g/mol. The van der Waals surface area contributed by atoms with Crippen molar-refractivity contribution in [2.75, 3.05) is 0 Å². The molecule has 0 radical (unpaired) electrons. The van der Waals surface area contributed by atoms with Crippen molar-refractivity contribution in [2.45, 2.75) is 24.9 Å². The third-order valence-corrected chi connectivity index (χ3v) is 2.57. The topological polar surface area (TPSA) is 0 Å². The van der Waals surface area contributed by atoms with Gasteiger partial charge in [0, 0.05) is 4.90 Å². The Kier molecular flexibility index (Phi) is 3.50. The Balaban J connectivity index is 3.29. The van der Waals surface area contributed by atoms with Crippen molar-refractivity contribution in [2.24, 2.45) is 0 Å². The number of hydrogen-bond donors (Lipinski definition) is 1. The Bertz CT molecular complexity index is 391. The molecular weight excluding hydrogens is 221 g/mol. The zero-order chi connectivity index (χ0) is 11.6. The molecule has 0 saturated heterocycles. The van der Waals surface area contributed by atoms with Crippen LogP contribution in [-0.2, 0) is 6.18 Å². The molecule has 1 aromatic rings. The molecule has 0 unspecified atom stereocenters. The Morgan fingerprint density at radius 1 is 1.33 bits per heavy atom. The van der Waals surface area contributed by atoms with E-state index in [4.69, 9.17) is 0 Å². The van der Waals surface area contributed by atoms with Crippen molar-refractivity contribution in [3.05, 3.63) is 35.4 Å². The van der Waals surface area contributed by atoms with Crippen molar-refractivity contribution in [3.8, 4) is 0 Å². The van der Waals surface area contributed by atoms with Gasteiger partial charge in [-0.05, 0) is 43.2 Å². The van der Waals surface area contributed by atoms with E-state index in [1.165, 1.54) is 6.07 Å². The second-order valence-corrected chi connectivity index (χ2v) is 3.68. The van der Waals surface area contributed by atoms with Crippen LogP contribution in [-0.4, -0.2) is 0 Å². The van der Waals surface area contributed by atoms with E-state index in [2.05, 4.69) is 12.6 Å². The third-order valence-electron chi connectivity index (χ3n) is 2.18. The predicted molar refractivity (Wildman–Crippen MR) is 58.0 cm³/mol. The Morgan fingerprint density at radius 2 is 1.93 bits per heavy atom. The van der Waals surface area contributed by atoms with Crippen molar-refractivity contribution >= 4 is 18.2 Å². The molecule has 0 spiro atoms. The number of rotatable bonds is 1. The lowest BCUT2D eigenvalue weighted by Gasteiger charge is -2.11. The van der Waals surface area contributed by atoms with Crippen LogP contribution in [0.4, 0.5) is 13.2 Å². The first kappa shape index (κ1) is 12.2. The lowest BCUT2D eigenvalue weighted by atomic mass is 10.0. The Morgan fingerprint density at radius 3 is 2.40 bits per heavy atom. The smallest absolute Gasteiger partial charge is 0.166 e. The summed E-state index contributed by atoms with van der Waals surface area (Å²) in [6, 6.07) is 3.53. The summed E-state index contributed by atoms with van der Waals surface area (Å²) in [6.07, 6.45) is -2.54. The summed E-state index contributed by atoms with van der Waals surface area (Å²) in [5.41, 5.74) is 0.665. The minimum Gasteiger partial charge on any atom is -0.166 e. The van der Waals surface area contributed by atoms with Crippen molar-refractivity contribution in [1.29, 1.82) is 0 Å². The molecular formula is C11H11F3S. The first-order valence-corrected chi connectivity index (χ1v) is 4.84. The van der Waals surface area contributed by atoms with Gasteiger partial charge in [-0.3, -0.25) is 0 Å². The summed E-state index contributed by atoms with van der Waals surface area (Å²) >= 11 is 4.13. The standard InChI is InChI=1S/C11H11F3S/c1-3-7(2)9-6-8(11(12,13)14)4-5-10(9)15/h3-6,15H,1-2H3/b7-3+. The van der Waals surface area contributed by atoms with Crippen LogP contribution in [0.2, 0.25) is 0 Å². The van der Waals surface area contributed by atoms with Gasteiger partial charge in [-0.25, -0.2) is 0 Å². The van der Waals surface area contributed by atoms with E-state index < -0.39 is 11.7 Å². The summed E-state index contributed by atoms with van der Waals surface area (Å²) in [5.74, 6) is 0. The van der Waals surface area contributed by atoms with E-state index in [1.807, 2.05) is 0 Å². The molecule has 0 N–H and O–H groups in total. The molecule has 1 aromatic carbocycles. The maximum absolute atomic E-state index is 12.4. The summed E-state index contributed by atoms with van der Waals surface area (Å²) < 4.78 is 37.3. The molecule has 4 heteroatoms. The van der Waals surface area contributed by atoms with E-state index in [0.717, 1.165) is 17.7 Å². The van der Waals surface area contributed by atoms with Crippen LogP contribution < -0.4 is 0 Å². The second kappa shape index (κ2) is 4.31. The molecule has 15 heavy (non-hydrogen) atoms. The fraction of sp³-hybridized carbons (Fsp3) is 0.273. The molecule has 0 aliphatic heterocycles. The van der Waals surface area contributed by atoms with E-state index in [9.17, 15) is 13.2 Å². The summed E-state index contributed by atoms with van der Waals surface area (Å²) in [4.78, 5) is 0.554. The SMILES string of the molecule is C/C=C(\C)c1cc(C(F)(F)F)ccc1S. The summed E-state index contributed by atoms with van der Waals surface area (Å²) in [5, 5.41) is 0. The maximum Gasteiger partial charge on any atom is 0.416 e. The minimum atomic E-state index is -4.30. The van der Waals surface area contributed by atoms with E-state index in [0.29, 0.717) is 10.5 Å². The average molecular weight is 232 g/mol. The van der Waals surface area contributed by atoms with Crippen LogP contribution in [0.25, 0.3) is 5.57 Å². The zero-order valence-electron chi connectivity index (χ0n) is 8.39. The van der Waals surface area contributed by atoms with Gasteiger partial charge >= 0.3 is 6.18 Å². The molecule has 0 aliphatic carbocycles. The average Bonchev–Trinajstić information content (AvgIpc) is 2.15. The van der Waals surface area contributed by atoms with Gasteiger partial charge in [0.2, 0.25) is 0 Å². The molecule has 0 aliphatic rings. The van der Waals surface area contributed by atoms with Gasteiger partial charge in [0.25, 0.3) is 0 Å². The van der Waals surface area contributed by atoms with E-state index in [1.54, 1.807) is 19.9 Å². The van der Waals surface area contributed by atoms with Gasteiger partial charge in [-0.1, -0.05) is 6.08 Å². The number of halogens is 3. The van der Waals surface area contributed by atoms with Crippen molar-refractivity contribution in [3.63, 3.8) is 0 Å². The molecule has 0 saturated carbocycles. The molecule has 0 fully saturated rings. The van der Waals surface area contributed by atoms with Gasteiger partial charge in [0.05, 0.1) is 5.56 Å². The first-order valence-electron chi connectivity index (χ1n) is 4.39. The van der Waals surface area contributed by atoms with E-state index in [-0.39, 0.29) is 0 Å². The highest BCUT2D eigenvalue weighted by Gasteiger charge is 2.30. The lowest BCUT2D eigenvalue weighted by molar-refractivity contribution is -0.137. The Hall–Kier alpha value is -0.900. The fourth-order valence-corrected chi connectivity index (χ4v) is 1.50. The van der Waals surface area contributed by atoms with Crippen LogP contribution in [0.15, 0.2) is 29.2 Å². The summed E-state index contributed by atoms with van der Waals surface area (Å²) in [7, 11) is 0. The number of allylic oxidation sites excluding steroid dienone is 2. The first-order chi connectivity index (χ1) is 6.86.